The Kier molecular flexibility index (Phi) is 6.99. The second kappa shape index (κ2) is 9.68. The second-order valence-corrected chi connectivity index (χ2v) is 7.51. The molecule has 1 amide bonds. The summed E-state index contributed by atoms with van der Waals surface area (Å²) < 4.78 is 0. The second-order valence-electron chi connectivity index (χ2n) is 6.43. The van der Waals surface area contributed by atoms with Gasteiger partial charge in [-0.15, -0.1) is 0 Å². The number of carbonyl (C=O) groups is 1. The number of fused-ring (bicyclic) bond motifs is 2. The number of aliphatic imine (C=N–C) groups is 1. The van der Waals surface area contributed by atoms with Gasteiger partial charge in [0, 0.05) is 39.6 Å². The summed E-state index contributed by atoms with van der Waals surface area (Å²) in [5.74, 6) is -0.385. The predicted molar refractivity (Wildman–Crippen MR) is 123 cm³/mol. The summed E-state index contributed by atoms with van der Waals surface area (Å²) in [5.41, 5.74) is 2.97. The van der Waals surface area contributed by atoms with Gasteiger partial charge < -0.3 is 10.2 Å². The Bertz CT molecular complexity index is 1140. The smallest absolute Gasteiger partial charge is 0.277 e. The Hall–Kier alpha value is -3.29. The molecule has 2 N–H and O–H groups in total. The fourth-order valence-electron chi connectivity index (χ4n) is 3.06. The van der Waals surface area contributed by atoms with Gasteiger partial charge in [0.2, 0.25) is 0 Å². The molecule has 3 aromatic rings. The molecular weight excluding hydrogens is 412 g/mol. The van der Waals surface area contributed by atoms with Crippen molar-refractivity contribution in [2.45, 2.75) is 23.6 Å². The van der Waals surface area contributed by atoms with Crippen molar-refractivity contribution in [1.29, 1.82) is 0 Å². The first kappa shape index (κ1) is 22.4. The highest BCUT2D eigenvalue weighted by Gasteiger charge is 2.22. The number of amides is 1. The average molecular weight is 437 g/mol. The molecule has 7 heteroatoms. The monoisotopic (exact) mass is 436 g/mol. The van der Waals surface area contributed by atoms with E-state index in [4.69, 9.17) is 9.83 Å². The summed E-state index contributed by atoms with van der Waals surface area (Å²) in [6.45, 7) is 4.00. The molecule has 1 aliphatic heterocycles. The number of benzene rings is 3. The Morgan fingerprint density at radius 2 is 1.71 bits per heavy atom. The van der Waals surface area contributed by atoms with Gasteiger partial charge >= 0.3 is 0 Å². The lowest BCUT2D eigenvalue weighted by molar-refractivity contribution is -0.0756. The van der Waals surface area contributed by atoms with Crippen molar-refractivity contribution in [2.75, 3.05) is 14.2 Å². The van der Waals surface area contributed by atoms with E-state index in [1.165, 1.54) is 19.2 Å². The Labute approximate surface area is 185 Å². The van der Waals surface area contributed by atoms with Crippen molar-refractivity contribution in [3.05, 3.63) is 77.4 Å². The van der Waals surface area contributed by atoms with E-state index in [9.17, 15) is 15.0 Å². The van der Waals surface area contributed by atoms with Crippen molar-refractivity contribution in [3.63, 3.8) is 0 Å². The molecule has 0 aromatic heterocycles. The van der Waals surface area contributed by atoms with Crippen LogP contribution in [0.3, 0.4) is 0 Å². The van der Waals surface area contributed by atoms with Crippen LogP contribution in [-0.2, 0) is 4.84 Å². The fraction of sp³-hybridized carbons (Fsp3) is 0.167. The van der Waals surface area contributed by atoms with Crippen LogP contribution in [0.5, 0.6) is 11.5 Å². The molecule has 0 saturated heterocycles. The lowest BCUT2D eigenvalue weighted by atomic mass is 10.0. The highest BCUT2D eigenvalue weighted by atomic mass is 32.2. The predicted octanol–water partition coefficient (Wildman–Crippen LogP) is 5.39. The molecule has 160 valence electrons. The van der Waals surface area contributed by atoms with Gasteiger partial charge in [-0.2, -0.15) is 0 Å². The van der Waals surface area contributed by atoms with Crippen LogP contribution in [0.1, 0.15) is 35.3 Å². The number of hydrogen-bond donors (Lipinski definition) is 2. The third-order valence-electron chi connectivity index (χ3n) is 4.60. The van der Waals surface area contributed by atoms with Gasteiger partial charge in [0.25, 0.3) is 5.91 Å². The molecule has 0 bridgehead atoms. The number of rotatable bonds is 3. The first-order chi connectivity index (χ1) is 15.0. The first-order valence-corrected chi connectivity index (χ1v) is 10.6. The molecule has 4 rings (SSSR count). The van der Waals surface area contributed by atoms with Crippen LogP contribution < -0.4 is 0 Å². The standard InChI is InChI=1S/C22H18N2O4S.C2H6/c1-24(28-2)22(27)13-7-10-20-17(11-13)23-21(15-9-8-14(25)12-18(15)26)16-5-3-4-6-19(16)29-20;1-2/h3-12,25-26H,1-2H3;1-2H3. The van der Waals surface area contributed by atoms with E-state index in [1.807, 2.05) is 44.2 Å². The zero-order valence-electron chi connectivity index (χ0n) is 17.8. The summed E-state index contributed by atoms with van der Waals surface area (Å²) in [6, 6.07) is 17.5. The van der Waals surface area contributed by atoms with E-state index in [-0.39, 0.29) is 17.4 Å². The zero-order chi connectivity index (χ0) is 22.5. The van der Waals surface area contributed by atoms with Gasteiger partial charge in [-0.3, -0.25) is 9.63 Å². The van der Waals surface area contributed by atoms with Gasteiger partial charge in [-0.1, -0.05) is 43.8 Å². The molecule has 1 aliphatic rings. The highest BCUT2D eigenvalue weighted by molar-refractivity contribution is 7.99. The number of carbonyl (C=O) groups excluding carboxylic acids is 1. The lowest BCUT2D eigenvalue weighted by Crippen LogP contribution is -2.25. The van der Waals surface area contributed by atoms with Gasteiger partial charge in [0.1, 0.15) is 11.5 Å². The van der Waals surface area contributed by atoms with Gasteiger partial charge in [-0.05, 0) is 36.4 Å². The van der Waals surface area contributed by atoms with Crippen LogP contribution in [-0.4, -0.2) is 41.1 Å². The molecule has 0 unspecified atom stereocenters. The van der Waals surface area contributed by atoms with E-state index in [0.29, 0.717) is 22.5 Å². The Morgan fingerprint density at radius 1 is 0.968 bits per heavy atom. The van der Waals surface area contributed by atoms with E-state index < -0.39 is 0 Å². The molecule has 6 nitrogen and oxygen atoms in total. The molecule has 1 heterocycles. The number of nitrogens with zero attached hydrogens (tertiary/aromatic N) is 2. The largest absolute Gasteiger partial charge is 0.508 e. The van der Waals surface area contributed by atoms with Gasteiger partial charge in [0.05, 0.1) is 18.5 Å². The van der Waals surface area contributed by atoms with Crippen LogP contribution in [0.15, 0.2) is 75.4 Å². The SMILES string of the molecule is CC.CON(C)C(=O)c1ccc2c(c1)N=C(c1ccc(O)cc1O)c1ccccc1S2. The molecule has 0 aliphatic carbocycles. The average Bonchev–Trinajstić information content (AvgIpc) is 2.95. The molecule has 0 spiro atoms. The highest BCUT2D eigenvalue weighted by Crippen LogP contribution is 2.42. The summed E-state index contributed by atoms with van der Waals surface area (Å²) in [7, 11) is 2.97. The number of phenolic OH excluding ortho intramolecular Hbond substituents is 2. The summed E-state index contributed by atoms with van der Waals surface area (Å²) >= 11 is 1.54. The maximum absolute atomic E-state index is 12.5. The molecule has 0 atom stereocenters. The third kappa shape index (κ3) is 4.57. The summed E-state index contributed by atoms with van der Waals surface area (Å²) in [5, 5.41) is 21.2. The minimum Gasteiger partial charge on any atom is -0.508 e. The number of phenols is 2. The minimum absolute atomic E-state index is 0.0287. The topological polar surface area (TPSA) is 82.4 Å². The fourth-order valence-corrected chi connectivity index (χ4v) is 4.07. The van der Waals surface area contributed by atoms with Crippen molar-refractivity contribution in [1.82, 2.24) is 5.06 Å². The molecule has 31 heavy (non-hydrogen) atoms. The molecule has 0 radical (unpaired) electrons. The van der Waals surface area contributed by atoms with Gasteiger partial charge in [-0.25, -0.2) is 10.1 Å². The first-order valence-electron chi connectivity index (χ1n) is 9.82. The third-order valence-corrected chi connectivity index (χ3v) is 5.74. The van der Waals surface area contributed by atoms with Crippen LogP contribution >= 0.6 is 11.8 Å². The number of hydrogen-bond acceptors (Lipinski definition) is 6. The van der Waals surface area contributed by atoms with Crippen LogP contribution in [0, 0.1) is 0 Å². The lowest BCUT2D eigenvalue weighted by Gasteiger charge is -2.14. The quantitative estimate of drug-likeness (QED) is 0.421. The van der Waals surface area contributed by atoms with E-state index in [2.05, 4.69) is 0 Å². The molecule has 0 saturated carbocycles. The Balaban J connectivity index is 0.00000132. The maximum Gasteiger partial charge on any atom is 0.277 e. The van der Waals surface area contributed by atoms with Crippen molar-refractivity contribution in [2.24, 2.45) is 4.99 Å². The van der Waals surface area contributed by atoms with Crippen LogP contribution in [0.2, 0.25) is 0 Å². The maximum atomic E-state index is 12.5. The van der Waals surface area contributed by atoms with Gasteiger partial charge in [0.15, 0.2) is 0 Å². The van der Waals surface area contributed by atoms with Crippen molar-refractivity contribution < 1.29 is 19.8 Å². The van der Waals surface area contributed by atoms with Crippen LogP contribution in [0.4, 0.5) is 5.69 Å². The summed E-state index contributed by atoms with van der Waals surface area (Å²) in [4.78, 5) is 24.2. The van der Waals surface area contributed by atoms with E-state index in [0.717, 1.165) is 20.4 Å². The number of aromatic hydroxyl groups is 2. The van der Waals surface area contributed by atoms with Crippen molar-refractivity contribution in [3.8, 4) is 11.5 Å². The van der Waals surface area contributed by atoms with Crippen LogP contribution in [0.25, 0.3) is 0 Å². The molecule has 0 fully saturated rings. The molecular formula is C24H24N2O4S. The van der Waals surface area contributed by atoms with E-state index >= 15 is 0 Å². The molecule has 3 aromatic carbocycles. The Morgan fingerprint density at radius 3 is 2.42 bits per heavy atom. The zero-order valence-corrected chi connectivity index (χ0v) is 18.6. The van der Waals surface area contributed by atoms with Crippen molar-refractivity contribution >= 4 is 29.1 Å². The number of hydroxylamine groups is 2. The summed E-state index contributed by atoms with van der Waals surface area (Å²) in [6.07, 6.45) is 0. The van der Waals surface area contributed by atoms with E-state index in [1.54, 1.807) is 37.0 Å². The minimum atomic E-state index is -0.286. The normalized spacial score (nSPS) is 11.8.